The molecule has 0 aliphatic rings. The topological polar surface area (TPSA) is 157 Å². The molecular weight excluding hydrogens is 544 g/mol. The number of hydrogen-bond acceptors (Lipinski definition) is 7. The van der Waals surface area contributed by atoms with E-state index in [2.05, 4.69) is 15.5 Å². The molecule has 0 aliphatic carbocycles. The number of amides is 3. The number of likely N-dealkylation sites (N-methyl/N-ethyl adjacent to an activating group) is 1. The first kappa shape index (κ1) is 29.2. The van der Waals surface area contributed by atoms with Gasteiger partial charge in [0.25, 0.3) is 5.91 Å². The molecule has 1 aromatic heterocycles. The van der Waals surface area contributed by atoms with E-state index < -0.39 is 23.9 Å². The lowest BCUT2D eigenvalue weighted by molar-refractivity contribution is -0.134. The zero-order chi connectivity index (χ0) is 30.3. The first-order valence-corrected chi connectivity index (χ1v) is 13.8. The molecular formula is C33H32N6O4. The number of nitrogens with one attached hydrogen (secondary N) is 1. The van der Waals surface area contributed by atoms with E-state index in [-0.39, 0.29) is 30.7 Å². The molecule has 3 amide bonds. The normalized spacial score (nSPS) is 12.4. The molecule has 43 heavy (non-hydrogen) atoms. The molecule has 10 nitrogen and oxygen atoms in total. The molecule has 1 heterocycles. The summed E-state index contributed by atoms with van der Waals surface area (Å²) in [5.41, 5.74) is 14.1. The number of nitrogens with two attached hydrogens (primary N) is 2. The highest BCUT2D eigenvalue weighted by atomic mass is 16.4. The molecule has 0 radical (unpaired) electrons. The second kappa shape index (κ2) is 13.1. The summed E-state index contributed by atoms with van der Waals surface area (Å²) >= 11 is 0. The van der Waals surface area contributed by atoms with Gasteiger partial charge in [-0.1, -0.05) is 84.9 Å². The average molecular weight is 577 g/mol. The fraction of sp³-hybridized carbons (Fsp3) is 0.182. The van der Waals surface area contributed by atoms with Gasteiger partial charge in [0.15, 0.2) is 0 Å². The average Bonchev–Trinajstić information content (AvgIpc) is 3.54. The second-order valence-corrected chi connectivity index (χ2v) is 10.3. The van der Waals surface area contributed by atoms with E-state index in [1.165, 1.54) is 4.90 Å². The van der Waals surface area contributed by atoms with Crippen LogP contribution >= 0.6 is 0 Å². The van der Waals surface area contributed by atoms with Crippen molar-refractivity contribution in [2.75, 3.05) is 7.05 Å². The third kappa shape index (κ3) is 6.94. The number of nitrogens with zero attached hydrogens (tertiary/aromatic N) is 3. The van der Waals surface area contributed by atoms with E-state index >= 15 is 0 Å². The minimum absolute atomic E-state index is 0.0555. The molecule has 0 saturated heterocycles. The first-order chi connectivity index (χ1) is 20.8. The van der Waals surface area contributed by atoms with Crippen molar-refractivity contribution in [2.45, 2.75) is 31.5 Å². The molecule has 5 rings (SSSR count). The van der Waals surface area contributed by atoms with Crippen LogP contribution in [-0.2, 0) is 24.2 Å². The van der Waals surface area contributed by atoms with Crippen molar-refractivity contribution in [3.8, 4) is 0 Å². The van der Waals surface area contributed by atoms with Crippen LogP contribution in [0.1, 0.15) is 49.7 Å². The highest BCUT2D eigenvalue weighted by Gasteiger charge is 2.33. The summed E-state index contributed by atoms with van der Waals surface area (Å²) in [6.45, 7) is 0.280. The lowest BCUT2D eigenvalue weighted by atomic mass is 9.99. The van der Waals surface area contributed by atoms with Gasteiger partial charge in [-0.05, 0) is 39.6 Å². The molecule has 218 valence electrons. The standard InChI is InChI=1S/C33H32N6O4/c1-39(28(19-21-8-3-2-4-9-21)31-37-38-32(43-31)29(35)40)33(42)27(36-30(41)26-13-7-10-23(17-26)20-34)18-22-14-15-24-11-5-6-12-25(24)16-22/h2-17,27-28H,18-20,34H2,1H3,(H2,35,40)(H,36,41). The maximum atomic E-state index is 14.3. The Bertz CT molecular complexity index is 1750. The number of carbonyl (C=O) groups is 3. The van der Waals surface area contributed by atoms with Crippen molar-refractivity contribution in [1.29, 1.82) is 0 Å². The van der Waals surface area contributed by atoms with E-state index in [1.807, 2.05) is 78.9 Å². The molecule has 4 aromatic carbocycles. The van der Waals surface area contributed by atoms with Gasteiger partial charge in [-0.25, -0.2) is 0 Å². The third-order valence-electron chi connectivity index (χ3n) is 7.31. The molecule has 5 N–H and O–H groups in total. The smallest absolute Gasteiger partial charge is 0.306 e. The summed E-state index contributed by atoms with van der Waals surface area (Å²) in [7, 11) is 1.61. The van der Waals surface area contributed by atoms with Gasteiger partial charge in [0, 0.05) is 32.0 Å². The zero-order valence-corrected chi connectivity index (χ0v) is 23.6. The molecule has 0 saturated carbocycles. The Morgan fingerprint density at radius 1 is 0.814 bits per heavy atom. The highest BCUT2D eigenvalue weighted by molar-refractivity contribution is 5.98. The van der Waals surface area contributed by atoms with Gasteiger partial charge < -0.3 is 26.1 Å². The predicted molar refractivity (Wildman–Crippen MR) is 162 cm³/mol. The van der Waals surface area contributed by atoms with Crippen LogP contribution < -0.4 is 16.8 Å². The van der Waals surface area contributed by atoms with E-state index in [9.17, 15) is 14.4 Å². The lowest BCUT2D eigenvalue weighted by Gasteiger charge is -2.30. The number of rotatable bonds is 11. The van der Waals surface area contributed by atoms with Crippen molar-refractivity contribution in [3.05, 3.63) is 131 Å². The summed E-state index contributed by atoms with van der Waals surface area (Å²) in [6.07, 6.45) is 0.545. The van der Waals surface area contributed by atoms with Crippen LogP contribution in [0.5, 0.6) is 0 Å². The SMILES string of the molecule is CN(C(=O)C(Cc1ccc2ccccc2c1)NC(=O)c1cccc(CN)c1)C(Cc1ccccc1)c1nnc(C(N)=O)o1. The molecule has 0 aliphatic heterocycles. The second-order valence-electron chi connectivity index (χ2n) is 10.3. The Labute approximate surface area is 248 Å². The number of carbonyl (C=O) groups excluding carboxylic acids is 3. The van der Waals surface area contributed by atoms with Gasteiger partial charge in [0.05, 0.1) is 0 Å². The summed E-state index contributed by atoms with van der Waals surface area (Å²) < 4.78 is 5.58. The van der Waals surface area contributed by atoms with Gasteiger partial charge in [-0.3, -0.25) is 14.4 Å². The minimum atomic E-state index is -0.947. The van der Waals surface area contributed by atoms with Crippen LogP contribution in [0.4, 0.5) is 0 Å². The van der Waals surface area contributed by atoms with Crippen molar-refractivity contribution in [1.82, 2.24) is 20.4 Å². The molecule has 0 fully saturated rings. The quantitative estimate of drug-likeness (QED) is 0.217. The Balaban J connectivity index is 1.49. The monoisotopic (exact) mass is 576 g/mol. The predicted octanol–water partition coefficient (Wildman–Crippen LogP) is 3.56. The summed E-state index contributed by atoms with van der Waals surface area (Å²) in [4.78, 5) is 40.9. The van der Waals surface area contributed by atoms with E-state index in [0.717, 1.165) is 27.5 Å². The van der Waals surface area contributed by atoms with Gasteiger partial charge >= 0.3 is 11.8 Å². The summed E-state index contributed by atoms with van der Waals surface area (Å²) in [6, 6.07) is 28.6. The van der Waals surface area contributed by atoms with Crippen molar-refractivity contribution < 1.29 is 18.8 Å². The van der Waals surface area contributed by atoms with Crippen LogP contribution in [0.25, 0.3) is 10.8 Å². The van der Waals surface area contributed by atoms with Crippen LogP contribution in [0.2, 0.25) is 0 Å². The number of fused-ring (bicyclic) bond motifs is 1. The van der Waals surface area contributed by atoms with Crippen LogP contribution in [-0.4, -0.2) is 45.9 Å². The fourth-order valence-electron chi connectivity index (χ4n) is 4.98. The van der Waals surface area contributed by atoms with E-state index in [0.29, 0.717) is 12.0 Å². The molecule has 0 bridgehead atoms. The number of benzene rings is 4. The van der Waals surface area contributed by atoms with Crippen LogP contribution in [0.15, 0.2) is 101 Å². The molecule has 0 spiro atoms. The Morgan fingerprint density at radius 3 is 2.26 bits per heavy atom. The summed E-state index contributed by atoms with van der Waals surface area (Å²) in [5, 5.41) is 12.8. The third-order valence-corrected chi connectivity index (χ3v) is 7.31. The maximum Gasteiger partial charge on any atom is 0.306 e. The minimum Gasteiger partial charge on any atom is -0.415 e. The number of primary amides is 1. The van der Waals surface area contributed by atoms with Gasteiger partial charge in [0.2, 0.25) is 11.8 Å². The van der Waals surface area contributed by atoms with Gasteiger partial charge in [0.1, 0.15) is 12.1 Å². The fourth-order valence-corrected chi connectivity index (χ4v) is 4.98. The number of hydrogen-bond donors (Lipinski definition) is 3. The van der Waals surface area contributed by atoms with Crippen molar-refractivity contribution >= 4 is 28.5 Å². The van der Waals surface area contributed by atoms with Crippen LogP contribution in [0, 0.1) is 0 Å². The van der Waals surface area contributed by atoms with E-state index in [1.54, 1.807) is 25.2 Å². The summed E-state index contributed by atoms with van der Waals surface area (Å²) in [5.74, 6) is -1.95. The molecule has 10 heteroatoms. The Hall–Kier alpha value is -5.35. The highest BCUT2D eigenvalue weighted by Crippen LogP contribution is 2.25. The van der Waals surface area contributed by atoms with Crippen molar-refractivity contribution in [2.24, 2.45) is 11.5 Å². The molecule has 2 atom stereocenters. The molecule has 5 aromatic rings. The largest absolute Gasteiger partial charge is 0.415 e. The van der Waals surface area contributed by atoms with Gasteiger partial charge in [-0.2, -0.15) is 0 Å². The molecule has 2 unspecified atom stereocenters. The Kier molecular flexibility index (Phi) is 8.88. The first-order valence-electron chi connectivity index (χ1n) is 13.8. The number of aromatic nitrogens is 2. The maximum absolute atomic E-state index is 14.3. The Morgan fingerprint density at radius 2 is 1.53 bits per heavy atom. The lowest BCUT2D eigenvalue weighted by Crippen LogP contribution is -2.49. The van der Waals surface area contributed by atoms with Gasteiger partial charge in [-0.15, -0.1) is 10.2 Å². The van der Waals surface area contributed by atoms with E-state index in [4.69, 9.17) is 15.9 Å². The zero-order valence-electron chi connectivity index (χ0n) is 23.6. The van der Waals surface area contributed by atoms with Crippen molar-refractivity contribution in [3.63, 3.8) is 0 Å². The van der Waals surface area contributed by atoms with Crippen LogP contribution in [0.3, 0.4) is 0 Å².